The van der Waals surface area contributed by atoms with Crippen molar-refractivity contribution in [3.63, 3.8) is 0 Å². The summed E-state index contributed by atoms with van der Waals surface area (Å²) in [6, 6.07) is 7.92. The Balaban J connectivity index is 2.29. The third-order valence-electron chi connectivity index (χ3n) is 3.23. The Hall–Kier alpha value is -1.06. The minimum atomic E-state index is -2.92. The van der Waals surface area contributed by atoms with Crippen molar-refractivity contribution >= 4 is 31.5 Å². The van der Waals surface area contributed by atoms with Crippen molar-refractivity contribution in [3.8, 4) is 6.07 Å². The molecule has 1 aliphatic heterocycles. The number of sulfone groups is 1. The molecule has 0 aliphatic carbocycles. The average molecular weight is 343 g/mol. The number of nitrogens with zero attached hydrogens (tertiary/aromatic N) is 2. The lowest BCUT2D eigenvalue weighted by molar-refractivity contribution is 0.597. The Morgan fingerprint density at radius 3 is 2.79 bits per heavy atom. The van der Waals surface area contributed by atoms with E-state index in [4.69, 9.17) is 0 Å². The molecule has 19 heavy (non-hydrogen) atoms. The van der Waals surface area contributed by atoms with Crippen LogP contribution in [0.25, 0.3) is 0 Å². The van der Waals surface area contributed by atoms with E-state index in [0.29, 0.717) is 30.4 Å². The van der Waals surface area contributed by atoms with Gasteiger partial charge in [-0.05, 0) is 24.1 Å². The molecular weight excluding hydrogens is 328 g/mol. The zero-order valence-corrected chi connectivity index (χ0v) is 12.9. The van der Waals surface area contributed by atoms with Gasteiger partial charge in [-0.2, -0.15) is 5.26 Å². The summed E-state index contributed by atoms with van der Waals surface area (Å²) >= 11 is 3.37. The van der Waals surface area contributed by atoms with Gasteiger partial charge in [-0.3, -0.25) is 0 Å². The molecule has 1 aromatic carbocycles. The van der Waals surface area contributed by atoms with E-state index >= 15 is 0 Å². The molecule has 0 aromatic heterocycles. The van der Waals surface area contributed by atoms with Crippen molar-refractivity contribution in [2.45, 2.75) is 11.8 Å². The zero-order valence-electron chi connectivity index (χ0n) is 10.5. The van der Waals surface area contributed by atoms with Crippen LogP contribution >= 0.6 is 15.9 Å². The summed E-state index contributed by atoms with van der Waals surface area (Å²) in [4.78, 5) is 2.00. The maximum absolute atomic E-state index is 11.6. The van der Waals surface area contributed by atoms with Crippen LogP contribution in [0.1, 0.15) is 17.5 Å². The molecule has 6 heteroatoms. The summed E-state index contributed by atoms with van der Waals surface area (Å²) in [6.07, 6.45) is 0.618. The summed E-state index contributed by atoms with van der Waals surface area (Å²) in [5.74, 6) is 0.406. The van der Waals surface area contributed by atoms with Gasteiger partial charge < -0.3 is 4.90 Å². The molecule has 1 aromatic rings. The number of benzene rings is 1. The van der Waals surface area contributed by atoms with Gasteiger partial charge in [0.05, 0.1) is 22.8 Å². The van der Waals surface area contributed by atoms with Crippen LogP contribution in [-0.2, 0) is 15.2 Å². The molecule has 1 saturated heterocycles. The maximum Gasteiger partial charge on any atom is 0.152 e. The van der Waals surface area contributed by atoms with Crippen molar-refractivity contribution in [1.29, 1.82) is 5.26 Å². The molecule has 0 saturated carbocycles. The lowest BCUT2D eigenvalue weighted by Crippen LogP contribution is -2.27. The first-order valence-electron chi connectivity index (χ1n) is 6.10. The molecular formula is C13H15BrN2O2S. The SMILES string of the molecule is N#Cc1cc(CBr)ccc1N1CCCS(=O)(=O)CC1. The average Bonchev–Trinajstić information content (AvgIpc) is 2.59. The van der Waals surface area contributed by atoms with E-state index in [1.165, 1.54) is 0 Å². The Kier molecular flexibility index (Phi) is 4.48. The molecule has 0 unspecified atom stereocenters. The highest BCUT2D eigenvalue weighted by Crippen LogP contribution is 2.24. The first-order chi connectivity index (χ1) is 9.05. The van der Waals surface area contributed by atoms with E-state index < -0.39 is 9.84 Å². The third kappa shape index (κ3) is 3.48. The molecule has 102 valence electrons. The normalized spacial score (nSPS) is 18.6. The van der Waals surface area contributed by atoms with Crippen LogP contribution in [0, 0.1) is 11.3 Å². The van der Waals surface area contributed by atoms with Crippen molar-refractivity contribution in [2.24, 2.45) is 0 Å². The molecule has 1 aliphatic rings. The Bertz CT molecular complexity index is 608. The molecule has 0 spiro atoms. The van der Waals surface area contributed by atoms with Crippen LogP contribution in [0.15, 0.2) is 18.2 Å². The van der Waals surface area contributed by atoms with Crippen LogP contribution in [0.5, 0.6) is 0 Å². The second-order valence-electron chi connectivity index (χ2n) is 4.59. The maximum atomic E-state index is 11.6. The number of hydrogen-bond donors (Lipinski definition) is 0. The van der Waals surface area contributed by atoms with E-state index in [-0.39, 0.29) is 11.5 Å². The molecule has 0 radical (unpaired) electrons. The van der Waals surface area contributed by atoms with E-state index in [2.05, 4.69) is 22.0 Å². The van der Waals surface area contributed by atoms with Gasteiger partial charge in [0, 0.05) is 18.4 Å². The number of alkyl halides is 1. The van der Waals surface area contributed by atoms with Gasteiger partial charge in [0.25, 0.3) is 0 Å². The van der Waals surface area contributed by atoms with Crippen LogP contribution in [0.4, 0.5) is 5.69 Å². The lowest BCUT2D eigenvalue weighted by Gasteiger charge is -2.23. The molecule has 0 N–H and O–H groups in total. The molecule has 0 atom stereocenters. The van der Waals surface area contributed by atoms with Gasteiger partial charge in [0.2, 0.25) is 0 Å². The highest BCUT2D eigenvalue weighted by Gasteiger charge is 2.20. The highest BCUT2D eigenvalue weighted by molar-refractivity contribution is 9.08. The highest BCUT2D eigenvalue weighted by atomic mass is 79.9. The zero-order chi connectivity index (χ0) is 13.9. The molecule has 1 fully saturated rings. The minimum Gasteiger partial charge on any atom is -0.369 e. The van der Waals surface area contributed by atoms with Crippen LogP contribution in [-0.4, -0.2) is 33.0 Å². The number of hydrogen-bond acceptors (Lipinski definition) is 4. The molecule has 0 amide bonds. The van der Waals surface area contributed by atoms with Gasteiger partial charge in [0.15, 0.2) is 9.84 Å². The number of nitriles is 1. The summed E-state index contributed by atoms with van der Waals surface area (Å²) < 4.78 is 23.2. The number of anilines is 1. The van der Waals surface area contributed by atoms with Crippen molar-refractivity contribution in [1.82, 2.24) is 0 Å². The van der Waals surface area contributed by atoms with E-state index in [9.17, 15) is 13.7 Å². The first-order valence-corrected chi connectivity index (χ1v) is 9.04. The van der Waals surface area contributed by atoms with Gasteiger partial charge in [-0.25, -0.2) is 8.42 Å². The lowest BCUT2D eigenvalue weighted by atomic mass is 10.1. The van der Waals surface area contributed by atoms with E-state index in [1.807, 2.05) is 23.1 Å². The topological polar surface area (TPSA) is 61.2 Å². The quantitative estimate of drug-likeness (QED) is 0.772. The summed E-state index contributed by atoms with van der Waals surface area (Å²) in [5, 5.41) is 9.94. The first kappa shape index (κ1) is 14.4. The van der Waals surface area contributed by atoms with Gasteiger partial charge >= 0.3 is 0 Å². The number of rotatable bonds is 2. The van der Waals surface area contributed by atoms with Crippen LogP contribution < -0.4 is 4.90 Å². The predicted octanol–water partition coefficient (Wildman–Crippen LogP) is 2.08. The number of halogens is 1. The Morgan fingerprint density at radius 2 is 2.11 bits per heavy atom. The van der Waals surface area contributed by atoms with Gasteiger partial charge in [0.1, 0.15) is 6.07 Å². The second-order valence-corrected chi connectivity index (χ2v) is 7.45. The van der Waals surface area contributed by atoms with E-state index in [0.717, 1.165) is 11.3 Å². The largest absolute Gasteiger partial charge is 0.369 e. The molecule has 2 rings (SSSR count). The fourth-order valence-electron chi connectivity index (χ4n) is 2.21. The molecule has 4 nitrogen and oxygen atoms in total. The Labute approximate surface area is 122 Å². The monoisotopic (exact) mass is 342 g/mol. The predicted molar refractivity (Wildman–Crippen MR) is 79.3 cm³/mol. The van der Waals surface area contributed by atoms with Crippen molar-refractivity contribution in [3.05, 3.63) is 29.3 Å². The van der Waals surface area contributed by atoms with Crippen molar-refractivity contribution in [2.75, 3.05) is 29.5 Å². The van der Waals surface area contributed by atoms with Gasteiger partial charge in [-0.1, -0.05) is 22.0 Å². The summed E-state index contributed by atoms with van der Waals surface area (Å²) in [6.45, 7) is 1.15. The van der Waals surface area contributed by atoms with Gasteiger partial charge in [-0.15, -0.1) is 0 Å². The summed E-state index contributed by atoms with van der Waals surface area (Å²) in [5.41, 5.74) is 2.49. The fourth-order valence-corrected chi connectivity index (χ4v) is 3.83. The second kappa shape index (κ2) is 5.93. The third-order valence-corrected chi connectivity index (χ3v) is 5.59. The van der Waals surface area contributed by atoms with Crippen LogP contribution in [0.2, 0.25) is 0 Å². The summed E-state index contributed by atoms with van der Waals surface area (Å²) in [7, 11) is -2.92. The standard InChI is InChI=1S/C13H15BrN2O2S/c14-9-11-2-3-13(12(8-11)10-15)16-4-1-6-19(17,18)7-5-16/h2-3,8H,1,4-7,9H2. The smallest absolute Gasteiger partial charge is 0.152 e. The van der Waals surface area contributed by atoms with Crippen molar-refractivity contribution < 1.29 is 8.42 Å². The molecule has 1 heterocycles. The van der Waals surface area contributed by atoms with E-state index in [1.54, 1.807) is 0 Å². The van der Waals surface area contributed by atoms with Crippen LogP contribution in [0.3, 0.4) is 0 Å². The fraction of sp³-hybridized carbons (Fsp3) is 0.462. The minimum absolute atomic E-state index is 0.165. The molecule has 0 bridgehead atoms. The Morgan fingerprint density at radius 1 is 1.32 bits per heavy atom.